The van der Waals surface area contributed by atoms with Crippen LogP contribution in [0, 0.1) is 0 Å². The Labute approximate surface area is 142 Å². The van der Waals surface area contributed by atoms with Crippen molar-refractivity contribution in [2.45, 2.75) is 12.5 Å². The zero-order valence-corrected chi connectivity index (χ0v) is 14.5. The van der Waals surface area contributed by atoms with Gasteiger partial charge in [-0.15, -0.1) is 0 Å². The lowest BCUT2D eigenvalue weighted by Gasteiger charge is -2.22. The van der Waals surface area contributed by atoms with Crippen LogP contribution in [0.15, 0.2) is 29.3 Å². The van der Waals surface area contributed by atoms with Gasteiger partial charge in [0.15, 0.2) is 5.96 Å². The minimum Gasteiger partial charge on any atom is -0.487 e. The van der Waals surface area contributed by atoms with Crippen molar-refractivity contribution in [2.75, 3.05) is 40.8 Å². The Balaban J connectivity index is 1.88. The predicted molar refractivity (Wildman–Crippen MR) is 92.1 cm³/mol. The molecular weight excluding hydrogens is 316 g/mol. The Morgan fingerprint density at radius 3 is 2.87 bits per heavy atom. The van der Waals surface area contributed by atoms with Crippen LogP contribution in [-0.2, 0) is 4.79 Å². The number of carbonyl (C=O) groups is 1. The summed E-state index contributed by atoms with van der Waals surface area (Å²) in [6.45, 7) is 1.76. The fourth-order valence-electron chi connectivity index (χ4n) is 2.38. The number of benzene rings is 1. The molecule has 0 radical (unpaired) electrons. The molecule has 1 amide bonds. The number of halogens is 1. The van der Waals surface area contributed by atoms with Crippen molar-refractivity contribution in [1.29, 1.82) is 0 Å². The van der Waals surface area contributed by atoms with E-state index in [1.54, 1.807) is 26.0 Å². The van der Waals surface area contributed by atoms with E-state index in [1.807, 2.05) is 24.3 Å². The number of likely N-dealkylation sites (tertiary alicyclic amines) is 1. The zero-order chi connectivity index (χ0) is 16.8. The van der Waals surface area contributed by atoms with Crippen molar-refractivity contribution >= 4 is 23.5 Å². The van der Waals surface area contributed by atoms with Crippen LogP contribution in [0.25, 0.3) is 0 Å². The maximum absolute atomic E-state index is 11.7. The first-order chi connectivity index (χ1) is 11.0. The summed E-state index contributed by atoms with van der Waals surface area (Å²) in [7, 11) is 5.18. The summed E-state index contributed by atoms with van der Waals surface area (Å²) in [5, 5.41) is 3.71. The van der Waals surface area contributed by atoms with E-state index in [0.29, 0.717) is 23.3 Å². The molecule has 1 aliphatic rings. The summed E-state index contributed by atoms with van der Waals surface area (Å²) in [6, 6.07) is 7.47. The van der Waals surface area contributed by atoms with Gasteiger partial charge in [-0.1, -0.05) is 23.7 Å². The molecule has 0 bridgehead atoms. The molecule has 2 rings (SSSR count). The highest BCUT2D eigenvalue weighted by atomic mass is 35.5. The number of aliphatic imine (C=N–C) groups is 1. The molecule has 1 N–H and O–H groups in total. The first kappa shape index (κ1) is 17.4. The van der Waals surface area contributed by atoms with Gasteiger partial charge in [0.1, 0.15) is 11.9 Å². The molecule has 1 atom stereocenters. The van der Waals surface area contributed by atoms with Crippen molar-refractivity contribution in [3.05, 3.63) is 29.3 Å². The van der Waals surface area contributed by atoms with Gasteiger partial charge >= 0.3 is 0 Å². The molecule has 1 unspecified atom stereocenters. The average Bonchev–Trinajstić information content (AvgIpc) is 2.98. The quantitative estimate of drug-likeness (QED) is 0.667. The third kappa shape index (κ3) is 4.76. The first-order valence-corrected chi connectivity index (χ1v) is 7.96. The van der Waals surface area contributed by atoms with Crippen LogP contribution in [0.4, 0.5) is 0 Å². The van der Waals surface area contributed by atoms with E-state index in [0.717, 1.165) is 13.0 Å². The first-order valence-electron chi connectivity index (χ1n) is 7.58. The van der Waals surface area contributed by atoms with Crippen molar-refractivity contribution < 1.29 is 9.53 Å². The van der Waals surface area contributed by atoms with Crippen molar-refractivity contribution in [1.82, 2.24) is 15.1 Å². The van der Waals surface area contributed by atoms with Crippen LogP contribution >= 0.6 is 11.6 Å². The lowest BCUT2D eigenvalue weighted by Crippen LogP contribution is -2.44. The van der Waals surface area contributed by atoms with Gasteiger partial charge < -0.3 is 19.9 Å². The molecule has 23 heavy (non-hydrogen) atoms. The van der Waals surface area contributed by atoms with E-state index >= 15 is 0 Å². The molecule has 1 heterocycles. The molecule has 1 saturated heterocycles. The Morgan fingerprint density at radius 2 is 2.22 bits per heavy atom. The number of amides is 1. The van der Waals surface area contributed by atoms with Gasteiger partial charge in [0.25, 0.3) is 0 Å². The molecule has 0 spiro atoms. The van der Waals surface area contributed by atoms with Crippen LogP contribution < -0.4 is 10.1 Å². The fraction of sp³-hybridized carbons (Fsp3) is 0.500. The normalized spacial score (nSPS) is 18.0. The molecule has 6 nitrogen and oxygen atoms in total. The van der Waals surface area contributed by atoms with Crippen LogP contribution in [0.1, 0.15) is 6.42 Å². The summed E-state index contributed by atoms with van der Waals surface area (Å²) in [4.78, 5) is 19.5. The van der Waals surface area contributed by atoms with E-state index in [2.05, 4.69) is 15.2 Å². The number of carbonyl (C=O) groups excluding carboxylic acids is 1. The van der Waals surface area contributed by atoms with Gasteiger partial charge in [0.05, 0.1) is 18.1 Å². The maximum Gasteiger partial charge on any atom is 0.241 e. The van der Waals surface area contributed by atoms with Crippen molar-refractivity contribution in [3.63, 3.8) is 0 Å². The number of para-hydroxylation sites is 1. The lowest BCUT2D eigenvalue weighted by molar-refractivity contribution is -0.127. The highest BCUT2D eigenvalue weighted by Gasteiger charge is 2.27. The SMILES string of the molecule is CN=C(NCC(=O)N(C)C)N1CCC(Oc2ccccc2Cl)C1. The van der Waals surface area contributed by atoms with Gasteiger partial charge in [0.2, 0.25) is 5.91 Å². The van der Waals surface area contributed by atoms with Crippen LogP contribution in [-0.4, -0.2) is 68.5 Å². The molecule has 1 aromatic rings. The number of hydrogen-bond acceptors (Lipinski definition) is 3. The van der Waals surface area contributed by atoms with Crippen LogP contribution in [0.3, 0.4) is 0 Å². The molecule has 1 aliphatic heterocycles. The second-order valence-corrected chi connectivity index (χ2v) is 6.00. The van der Waals surface area contributed by atoms with Gasteiger partial charge in [-0.3, -0.25) is 9.79 Å². The summed E-state index contributed by atoms with van der Waals surface area (Å²) in [6.07, 6.45) is 0.936. The molecule has 0 saturated carbocycles. The Bertz CT molecular complexity index is 577. The van der Waals surface area contributed by atoms with Crippen molar-refractivity contribution in [3.8, 4) is 5.75 Å². The molecule has 1 aromatic carbocycles. The van der Waals surface area contributed by atoms with E-state index in [-0.39, 0.29) is 18.6 Å². The summed E-state index contributed by atoms with van der Waals surface area (Å²) in [5.41, 5.74) is 0. The number of guanidine groups is 1. The summed E-state index contributed by atoms with van der Waals surface area (Å²) < 4.78 is 5.96. The highest BCUT2D eigenvalue weighted by Crippen LogP contribution is 2.26. The Hall–Kier alpha value is -1.95. The molecular formula is C16H23ClN4O2. The number of hydrogen-bond donors (Lipinski definition) is 1. The van der Waals surface area contributed by atoms with Gasteiger partial charge in [-0.25, -0.2) is 0 Å². The molecule has 126 valence electrons. The van der Waals surface area contributed by atoms with Gasteiger partial charge in [-0.05, 0) is 12.1 Å². The highest BCUT2D eigenvalue weighted by molar-refractivity contribution is 6.32. The standard InChI is InChI=1S/C16H23ClN4O2/c1-18-16(19-10-15(22)20(2)3)21-9-8-12(11-21)23-14-7-5-4-6-13(14)17/h4-7,12H,8-11H2,1-3H3,(H,18,19). The number of nitrogens with one attached hydrogen (secondary N) is 1. The van der Waals surface area contributed by atoms with E-state index in [4.69, 9.17) is 16.3 Å². The van der Waals surface area contributed by atoms with E-state index < -0.39 is 0 Å². The zero-order valence-electron chi connectivity index (χ0n) is 13.8. The summed E-state index contributed by atoms with van der Waals surface area (Å²) >= 11 is 6.13. The fourth-order valence-corrected chi connectivity index (χ4v) is 2.56. The third-order valence-electron chi connectivity index (χ3n) is 3.68. The Morgan fingerprint density at radius 1 is 1.48 bits per heavy atom. The van der Waals surface area contributed by atoms with E-state index in [1.165, 1.54) is 0 Å². The number of ether oxygens (including phenoxy) is 1. The molecule has 0 aliphatic carbocycles. The predicted octanol–water partition coefficient (Wildman–Crippen LogP) is 1.46. The number of nitrogens with zero attached hydrogens (tertiary/aromatic N) is 3. The van der Waals surface area contributed by atoms with Crippen molar-refractivity contribution in [2.24, 2.45) is 4.99 Å². The largest absolute Gasteiger partial charge is 0.487 e. The smallest absolute Gasteiger partial charge is 0.241 e. The number of likely N-dealkylation sites (N-methyl/N-ethyl adjacent to an activating group) is 1. The number of rotatable bonds is 4. The van der Waals surface area contributed by atoms with Crippen LogP contribution in [0.2, 0.25) is 5.02 Å². The molecule has 7 heteroatoms. The minimum atomic E-state index is 0.00853. The van der Waals surface area contributed by atoms with Gasteiger partial charge in [-0.2, -0.15) is 0 Å². The lowest BCUT2D eigenvalue weighted by atomic mass is 10.3. The topological polar surface area (TPSA) is 57.2 Å². The minimum absolute atomic E-state index is 0.00853. The van der Waals surface area contributed by atoms with E-state index in [9.17, 15) is 4.79 Å². The third-order valence-corrected chi connectivity index (χ3v) is 4.00. The summed E-state index contributed by atoms with van der Waals surface area (Å²) in [5.74, 6) is 1.42. The van der Waals surface area contributed by atoms with Crippen LogP contribution in [0.5, 0.6) is 5.75 Å². The maximum atomic E-state index is 11.7. The molecule has 0 aromatic heterocycles. The second-order valence-electron chi connectivity index (χ2n) is 5.59. The van der Waals surface area contributed by atoms with Gasteiger partial charge in [0, 0.05) is 34.1 Å². The average molecular weight is 339 g/mol. The second kappa shape index (κ2) is 8.06. The molecule has 1 fully saturated rings. The monoisotopic (exact) mass is 338 g/mol. The Kier molecular flexibility index (Phi) is 6.10.